The van der Waals surface area contributed by atoms with E-state index in [0.717, 1.165) is 71.8 Å². The van der Waals surface area contributed by atoms with Gasteiger partial charge in [0.2, 0.25) is 0 Å². The first-order chi connectivity index (χ1) is 18.0. The molecule has 0 spiro atoms. The van der Waals surface area contributed by atoms with Gasteiger partial charge < -0.3 is 9.64 Å². The van der Waals surface area contributed by atoms with Crippen molar-refractivity contribution in [3.05, 3.63) is 83.4 Å². The molecule has 7 nitrogen and oxygen atoms in total. The van der Waals surface area contributed by atoms with Gasteiger partial charge in [0.25, 0.3) is 0 Å². The number of fused-ring (bicyclic) bond motifs is 1. The molecule has 1 fully saturated rings. The second-order valence-electron chi connectivity index (χ2n) is 10.2. The van der Waals surface area contributed by atoms with E-state index in [1.165, 1.54) is 13.5 Å². The fourth-order valence-corrected chi connectivity index (χ4v) is 5.48. The Balaban J connectivity index is 1.24. The van der Waals surface area contributed by atoms with Crippen molar-refractivity contribution < 1.29 is 9.53 Å². The highest BCUT2D eigenvalue weighted by molar-refractivity contribution is 5.74. The van der Waals surface area contributed by atoms with Crippen LogP contribution in [0.2, 0.25) is 0 Å². The first kappa shape index (κ1) is 25.1. The summed E-state index contributed by atoms with van der Waals surface area (Å²) in [6.07, 6.45) is 5.40. The number of carbonyl (C=O) groups is 1. The first-order valence-electron chi connectivity index (χ1n) is 13.1. The van der Waals surface area contributed by atoms with E-state index in [4.69, 9.17) is 9.72 Å². The van der Waals surface area contributed by atoms with Crippen molar-refractivity contribution in [2.45, 2.75) is 45.4 Å². The minimum absolute atomic E-state index is 0.0661. The summed E-state index contributed by atoms with van der Waals surface area (Å²) in [7, 11) is 1.47. The van der Waals surface area contributed by atoms with E-state index in [0.29, 0.717) is 12.3 Å². The average Bonchev–Trinajstić information content (AvgIpc) is 3.51. The quantitative estimate of drug-likeness (QED) is 0.302. The van der Waals surface area contributed by atoms with Gasteiger partial charge >= 0.3 is 5.97 Å². The van der Waals surface area contributed by atoms with E-state index in [1.54, 1.807) is 6.20 Å². The summed E-state index contributed by atoms with van der Waals surface area (Å²) in [6.45, 7) is 6.99. The van der Waals surface area contributed by atoms with Crippen LogP contribution in [0, 0.1) is 19.8 Å². The molecule has 0 bridgehead atoms. The van der Waals surface area contributed by atoms with Crippen molar-refractivity contribution in [1.82, 2.24) is 24.6 Å². The molecule has 1 aliphatic rings. The fourth-order valence-electron chi connectivity index (χ4n) is 5.48. The van der Waals surface area contributed by atoms with Gasteiger partial charge in [0, 0.05) is 42.0 Å². The van der Waals surface area contributed by atoms with Gasteiger partial charge in [-0.3, -0.25) is 4.79 Å². The number of carbonyl (C=O) groups excluding carboxylic acids is 1. The Morgan fingerprint density at radius 3 is 2.84 bits per heavy atom. The predicted octanol–water partition coefficient (Wildman–Crippen LogP) is 5.03. The summed E-state index contributed by atoms with van der Waals surface area (Å²) in [5.74, 6) is 0.519. The van der Waals surface area contributed by atoms with Crippen molar-refractivity contribution in [3.8, 4) is 5.69 Å². The van der Waals surface area contributed by atoms with Crippen molar-refractivity contribution in [2.75, 3.05) is 26.7 Å². The van der Waals surface area contributed by atoms with E-state index in [2.05, 4.69) is 64.4 Å². The second-order valence-corrected chi connectivity index (χ2v) is 10.2. The summed E-state index contributed by atoms with van der Waals surface area (Å²) in [6, 6.07) is 18.7. The number of rotatable bonds is 9. The Morgan fingerprint density at radius 2 is 2.03 bits per heavy atom. The predicted molar refractivity (Wildman–Crippen MR) is 145 cm³/mol. The van der Waals surface area contributed by atoms with E-state index in [-0.39, 0.29) is 11.9 Å². The van der Waals surface area contributed by atoms with Gasteiger partial charge in [-0.2, -0.15) is 5.10 Å². The van der Waals surface area contributed by atoms with Crippen molar-refractivity contribution in [1.29, 1.82) is 0 Å². The van der Waals surface area contributed by atoms with Gasteiger partial charge in [-0.25, -0.2) is 14.6 Å². The third-order valence-corrected chi connectivity index (χ3v) is 7.42. The molecule has 0 aliphatic carbocycles. The molecule has 4 heterocycles. The highest BCUT2D eigenvalue weighted by Gasteiger charge is 2.27. The molecule has 0 saturated carbocycles. The highest BCUT2D eigenvalue weighted by Crippen LogP contribution is 2.28. The van der Waals surface area contributed by atoms with Crippen molar-refractivity contribution in [2.24, 2.45) is 5.92 Å². The van der Waals surface area contributed by atoms with Crippen molar-refractivity contribution in [3.63, 3.8) is 0 Å². The zero-order chi connectivity index (χ0) is 25.8. The first-order valence-corrected chi connectivity index (χ1v) is 13.1. The molecule has 192 valence electrons. The standard InChI is InChI=1S/C30H35N5O2/c1-21-16-22(2)35(33-21)28-8-4-6-25(17-28)26(18-29(36)37-3)20-34-15-13-23(19-34)9-11-27-12-10-24-7-5-14-31-30(24)32-27/h4-8,10,12,14,16-17,23,26H,9,11,13,15,18-20H2,1-3H3/t23-,26?/m1/s1. The molecule has 1 unspecified atom stereocenters. The Labute approximate surface area is 218 Å². The van der Waals surface area contributed by atoms with Crippen LogP contribution < -0.4 is 0 Å². The molecule has 3 aromatic heterocycles. The van der Waals surface area contributed by atoms with Crippen LogP contribution in [-0.2, 0) is 16.0 Å². The lowest BCUT2D eigenvalue weighted by molar-refractivity contribution is -0.141. The lowest BCUT2D eigenvalue weighted by Gasteiger charge is -2.24. The van der Waals surface area contributed by atoms with E-state index < -0.39 is 0 Å². The monoisotopic (exact) mass is 497 g/mol. The molecule has 5 rings (SSSR count). The molecule has 4 aromatic rings. The Bertz CT molecular complexity index is 1380. The SMILES string of the molecule is COC(=O)CC(CN1CC[C@@H](CCc2ccc3cccnc3n2)C1)c1cccc(-n2nc(C)cc2C)c1. The largest absolute Gasteiger partial charge is 0.469 e. The van der Waals surface area contributed by atoms with E-state index in [9.17, 15) is 4.79 Å². The number of hydrogen-bond acceptors (Lipinski definition) is 6. The van der Waals surface area contributed by atoms with Crippen LogP contribution in [0.1, 0.15) is 47.8 Å². The molecule has 2 atom stereocenters. The summed E-state index contributed by atoms with van der Waals surface area (Å²) < 4.78 is 7.02. The van der Waals surface area contributed by atoms with Crippen LogP contribution >= 0.6 is 0 Å². The van der Waals surface area contributed by atoms with E-state index in [1.807, 2.05) is 23.7 Å². The van der Waals surface area contributed by atoms with Gasteiger partial charge in [0.1, 0.15) is 0 Å². The number of esters is 1. The molecule has 1 saturated heterocycles. The van der Waals surface area contributed by atoms with Crippen LogP contribution in [-0.4, -0.2) is 57.4 Å². The summed E-state index contributed by atoms with van der Waals surface area (Å²) in [4.78, 5) is 24.0. The van der Waals surface area contributed by atoms with Gasteiger partial charge in [0.15, 0.2) is 5.65 Å². The van der Waals surface area contributed by atoms with Crippen LogP contribution in [0.3, 0.4) is 0 Å². The Morgan fingerprint density at radius 1 is 1.14 bits per heavy atom. The maximum Gasteiger partial charge on any atom is 0.306 e. The minimum Gasteiger partial charge on any atom is -0.469 e. The lowest BCUT2D eigenvalue weighted by Crippen LogP contribution is -2.28. The van der Waals surface area contributed by atoms with E-state index >= 15 is 0 Å². The zero-order valence-corrected chi connectivity index (χ0v) is 21.9. The fraction of sp³-hybridized carbons (Fsp3) is 0.400. The number of nitrogens with zero attached hydrogens (tertiary/aromatic N) is 5. The average molecular weight is 498 g/mol. The molecular weight excluding hydrogens is 462 g/mol. The van der Waals surface area contributed by atoms with Gasteiger partial charge in [0.05, 0.1) is 24.9 Å². The van der Waals surface area contributed by atoms with Crippen molar-refractivity contribution >= 4 is 17.0 Å². The summed E-state index contributed by atoms with van der Waals surface area (Å²) in [5, 5.41) is 5.72. The smallest absolute Gasteiger partial charge is 0.306 e. The number of aromatic nitrogens is 4. The summed E-state index contributed by atoms with van der Waals surface area (Å²) >= 11 is 0. The maximum absolute atomic E-state index is 12.3. The third-order valence-electron chi connectivity index (χ3n) is 7.42. The lowest BCUT2D eigenvalue weighted by atomic mass is 9.94. The minimum atomic E-state index is -0.173. The number of likely N-dealkylation sites (tertiary alicyclic amines) is 1. The Kier molecular flexibility index (Phi) is 7.60. The van der Waals surface area contributed by atoms with Crippen LogP contribution in [0.25, 0.3) is 16.7 Å². The number of methoxy groups -OCH3 is 1. The molecule has 0 amide bonds. The molecule has 1 aliphatic heterocycles. The van der Waals surface area contributed by atoms with Crippen LogP contribution in [0.5, 0.6) is 0 Å². The molecule has 1 aromatic carbocycles. The number of pyridine rings is 2. The van der Waals surface area contributed by atoms with Gasteiger partial charge in [-0.1, -0.05) is 12.1 Å². The zero-order valence-electron chi connectivity index (χ0n) is 21.9. The Hall–Kier alpha value is -3.58. The maximum atomic E-state index is 12.3. The summed E-state index contributed by atoms with van der Waals surface area (Å²) in [5.41, 5.74) is 6.18. The van der Waals surface area contributed by atoms with Gasteiger partial charge in [-0.05, 0) is 93.6 Å². The topological polar surface area (TPSA) is 73.1 Å². The number of aryl methyl sites for hydroxylation is 3. The highest BCUT2D eigenvalue weighted by atomic mass is 16.5. The molecule has 0 N–H and O–H groups in total. The van der Waals surface area contributed by atoms with Crippen LogP contribution in [0.4, 0.5) is 0 Å². The number of hydrogen-bond donors (Lipinski definition) is 0. The second kappa shape index (κ2) is 11.2. The molecule has 7 heteroatoms. The third kappa shape index (κ3) is 6.05. The number of ether oxygens (including phenoxy) is 1. The molecule has 0 radical (unpaired) electrons. The normalized spacial score (nSPS) is 16.8. The van der Waals surface area contributed by atoms with Gasteiger partial charge in [-0.15, -0.1) is 0 Å². The van der Waals surface area contributed by atoms with Crippen LogP contribution in [0.15, 0.2) is 60.8 Å². The number of benzene rings is 1. The molecular formula is C30H35N5O2. The molecule has 37 heavy (non-hydrogen) atoms.